The summed E-state index contributed by atoms with van der Waals surface area (Å²) in [5.74, 6) is -0.229. The molecule has 2 aromatic rings. The van der Waals surface area contributed by atoms with Gasteiger partial charge in [0.25, 0.3) is 0 Å². The van der Waals surface area contributed by atoms with Crippen LogP contribution in [0.1, 0.15) is 17.2 Å². The van der Waals surface area contributed by atoms with E-state index in [2.05, 4.69) is 31.2 Å². The van der Waals surface area contributed by atoms with Gasteiger partial charge in [-0.15, -0.1) is 0 Å². The molecule has 1 atom stereocenters. The maximum atomic E-state index is 13.2. The highest BCUT2D eigenvalue weighted by Gasteiger charge is 2.13. The number of aromatic nitrogens is 2. The first-order chi connectivity index (χ1) is 8.70. The van der Waals surface area contributed by atoms with E-state index in [4.69, 9.17) is 0 Å². The Morgan fingerprint density at radius 2 is 2.06 bits per heavy atom. The minimum absolute atomic E-state index is 0.0595. The summed E-state index contributed by atoms with van der Waals surface area (Å²) in [7, 11) is 1.87. The van der Waals surface area contributed by atoms with Gasteiger partial charge in [-0.2, -0.15) is 0 Å². The highest BCUT2D eigenvalue weighted by Crippen LogP contribution is 2.23. The molecule has 0 amide bonds. The summed E-state index contributed by atoms with van der Waals surface area (Å²) in [6.07, 6.45) is 5.69. The van der Waals surface area contributed by atoms with Crippen molar-refractivity contribution < 1.29 is 4.39 Å². The Morgan fingerprint density at radius 3 is 2.72 bits per heavy atom. The molecule has 5 heteroatoms. The maximum absolute atomic E-state index is 13.2. The zero-order valence-corrected chi connectivity index (χ0v) is 11.5. The van der Waals surface area contributed by atoms with Gasteiger partial charge in [-0.3, -0.25) is 0 Å². The molecule has 0 spiro atoms. The molecule has 0 saturated heterocycles. The number of hydrogen-bond acceptors (Lipinski definition) is 3. The highest BCUT2D eigenvalue weighted by molar-refractivity contribution is 9.10. The van der Waals surface area contributed by atoms with Crippen LogP contribution in [0.25, 0.3) is 0 Å². The molecule has 2 rings (SSSR count). The number of rotatable bonds is 4. The Kier molecular flexibility index (Phi) is 4.38. The lowest BCUT2D eigenvalue weighted by molar-refractivity contribution is 0.579. The molecule has 0 radical (unpaired) electrons. The van der Waals surface area contributed by atoms with Gasteiger partial charge in [0, 0.05) is 28.5 Å². The Hall–Kier alpha value is -1.33. The fraction of sp³-hybridized carbons (Fsp3) is 0.231. The molecule has 94 valence electrons. The molecule has 0 fully saturated rings. The van der Waals surface area contributed by atoms with Gasteiger partial charge in [0.2, 0.25) is 0 Å². The number of likely N-dealkylation sites (N-methyl/N-ethyl adjacent to an activating group) is 1. The fourth-order valence-corrected chi connectivity index (χ4v) is 2.21. The largest absolute Gasteiger partial charge is 0.313 e. The van der Waals surface area contributed by atoms with Gasteiger partial charge >= 0.3 is 0 Å². The predicted molar refractivity (Wildman–Crippen MR) is 71.6 cm³/mol. The van der Waals surface area contributed by atoms with Crippen LogP contribution in [0, 0.1) is 5.82 Å². The standard InChI is InChI=1S/C13H13BrFN3/c1-16-13(10-6-17-8-18-7-10)5-9-4-11(15)2-3-12(9)14/h2-4,6-8,13,16H,5H2,1H3. The Morgan fingerprint density at radius 1 is 1.33 bits per heavy atom. The molecule has 0 aliphatic carbocycles. The van der Waals surface area contributed by atoms with Crippen LogP contribution in [-0.2, 0) is 6.42 Å². The average molecular weight is 310 g/mol. The quantitative estimate of drug-likeness (QED) is 0.943. The summed E-state index contributed by atoms with van der Waals surface area (Å²) in [5, 5.41) is 3.19. The molecule has 1 aromatic carbocycles. The molecule has 0 aliphatic heterocycles. The van der Waals surface area contributed by atoms with Crippen molar-refractivity contribution in [1.82, 2.24) is 15.3 Å². The third-order valence-electron chi connectivity index (χ3n) is 2.76. The summed E-state index contributed by atoms with van der Waals surface area (Å²) in [6, 6.07) is 4.76. The van der Waals surface area contributed by atoms with Crippen molar-refractivity contribution in [3.63, 3.8) is 0 Å². The molecule has 1 heterocycles. The van der Waals surface area contributed by atoms with E-state index in [0.717, 1.165) is 15.6 Å². The van der Waals surface area contributed by atoms with Gasteiger partial charge in [-0.25, -0.2) is 14.4 Å². The number of benzene rings is 1. The lowest BCUT2D eigenvalue weighted by Crippen LogP contribution is -2.19. The summed E-state index contributed by atoms with van der Waals surface area (Å²) < 4.78 is 14.1. The second kappa shape index (κ2) is 6.02. The van der Waals surface area contributed by atoms with E-state index in [0.29, 0.717) is 6.42 Å². The summed E-state index contributed by atoms with van der Waals surface area (Å²) in [5.41, 5.74) is 1.90. The third-order valence-corrected chi connectivity index (χ3v) is 3.54. The zero-order chi connectivity index (χ0) is 13.0. The number of nitrogens with zero attached hydrogens (tertiary/aromatic N) is 2. The van der Waals surface area contributed by atoms with E-state index in [1.807, 2.05) is 7.05 Å². The normalized spacial score (nSPS) is 12.4. The Labute approximate surface area is 114 Å². The summed E-state index contributed by atoms with van der Waals surface area (Å²) in [6.45, 7) is 0. The van der Waals surface area contributed by atoms with Crippen LogP contribution >= 0.6 is 15.9 Å². The molecule has 3 nitrogen and oxygen atoms in total. The van der Waals surface area contributed by atoms with Crippen LogP contribution < -0.4 is 5.32 Å². The number of halogens is 2. The second-order valence-electron chi connectivity index (χ2n) is 3.95. The molecular formula is C13H13BrFN3. The van der Waals surface area contributed by atoms with Gasteiger partial charge in [-0.05, 0) is 37.2 Å². The van der Waals surface area contributed by atoms with Crippen molar-refractivity contribution in [3.05, 3.63) is 58.3 Å². The minimum Gasteiger partial charge on any atom is -0.313 e. The lowest BCUT2D eigenvalue weighted by atomic mass is 10.0. The van der Waals surface area contributed by atoms with Crippen molar-refractivity contribution in [2.75, 3.05) is 7.05 Å². The van der Waals surface area contributed by atoms with E-state index in [1.54, 1.807) is 18.5 Å². The SMILES string of the molecule is CNC(Cc1cc(F)ccc1Br)c1cncnc1. The maximum Gasteiger partial charge on any atom is 0.123 e. The van der Waals surface area contributed by atoms with Crippen molar-refractivity contribution in [2.45, 2.75) is 12.5 Å². The van der Waals surface area contributed by atoms with Crippen molar-refractivity contribution in [2.24, 2.45) is 0 Å². The van der Waals surface area contributed by atoms with Gasteiger partial charge in [-0.1, -0.05) is 15.9 Å². The van der Waals surface area contributed by atoms with E-state index in [1.165, 1.54) is 18.5 Å². The monoisotopic (exact) mass is 309 g/mol. The lowest BCUT2D eigenvalue weighted by Gasteiger charge is -2.16. The van der Waals surface area contributed by atoms with E-state index in [-0.39, 0.29) is 11.9 Å². The van der Waals surface area contributed by atoms with Crippen molar-refractivity contribution in [1.29, 1.82) is 0 Å². The van der Waals surface area contributed by atoms with Gasteiger partial charge < -0.3 is 5.32 Å². The highest BCUT2D eigenvalue weighted by atomic mass is 79.9. The number of hydrogen-bond donors (Lipinski definition) is 1. The van der Waals surface area contributed by atoms with Crippen LogP contribution in [-0.4, -0.2) is 17.0 Å². The smallest absolute Gasteiger partial charge is 0.123 e. The molecule has 0 aliphatic rings. The van der Waals surface area contributed by atoms with Crippen molar-refractivity contribution in [3.8, 4) is 0 Å². The van der Waals surface area contributed by atoms with Crippen LogP contribution in [0.5, 0.6) is 0 Å². The van der Waals surface area contributed by atoms with Crippen molar-refractivity contribution >= 4 is 15.9 Å². The Bertz CT molecular complexity index is 519. The summed E-state index contributed by atoms with van der Waals surface area (Å²) in [4.78, 5) is 8.00. The van der Waals surface area contributed by atoms with E-state index in [9.17, 15) is 4.39 Å². The molecular weight excluding hydrogens is 297 g/mol. The predicted octanol–water partition coefficient (Wildman–Crippen LogP) is 2.88. The Balaban J connectivity index is 2.23. The second-order valence-corrected chi connectivity index (χ2v) is 4.81. The third kappa shape index (κ3) is 3.11. The van der Waals surface area contributed by atoms with Gasteiger partial charge in [0.15, 0.2) is 0 Å². The molecule has 0 saturated carbocycles. The minimum atomic E-state index is -0.229. The molecule has 1 unspecified atom stereocenters. The molecule has 1 aromatic heterocycles. The zero-order valence-electron chi connectivity index (χ0n) is 9.90. The van der Waals surface area contributed by atoms with Crippen LogP contribution in [0.3, 0.4) is 0 Å². The number of nitrogens with one attached hydrogen (secondary N) is 1. The summed E-state index contributed by atoms with van der Waals surface area (Å²) >= 11 is 3.43. The van der Waals surface area contributed by atoms with Crippen LogP contribution in [0.2, 0.25) is 0 Å². The molecule has 18 heavy (non-hydrogen) atoms. The fourth-order valence-electron chi connectivity index (χ4n) is 1.80. The topological polar surface area (TPSA) is 37.8 Å². The first kappa shape index (κ1) is 13.1. The molecule has 1 N–H and O–H groups in total. The van der Waals surface area contributed by atoms with E-state index < -0.39 is 0 Å². The van der Waals surface area contributed by atoms with Crippen LogP contribution in [0.15, 0.2) is 41.4 Å². The van der Waals surface area contributed by atoms with Gasteiger partial charge in [0.05, 0.1) is 0 Å². The first-order valence-corrected chi connectivity index (χ1v) is 6.36. The average Bonchev–Trinajstić information content (AvgIpc) is 2.41. The van der Waals surface area contributed by atoms with E-state index >= 15 is 0 Å². The molecule has 0 bridgehead atoms. The van der Waals surface area contributed by atoms with Crippen LogP contribution in [0.4, 0.5) is 4.39 Å². The first-order valence-electron chi connectivity index (χ1n) is 5.57. The van der Waals surface area contributed by atoms with Gasteiger partial charge in [0.1, 0.15) is 12.1 Å².